The standard InChI is InChI=1S/C17H23NS2/c1-4-11-18-15(17-10-9-14(3)20-17)12-19-16-8-6-5-7-13(16)2/h5-10,15,18H,4,11-12H2,1-3H3. The maximum Gasteiger partial charge on any atom is 0.0510 e. The van der Waals surface area contributed by atoms with E-state index >= 15 is 0 Å². The molecule has 0 aliphatic rings. The fourth-order valence-electron chi connectivity index (χ4n) is 2.09. The molecule has 0 aliphatic carbocycles. The van der Waals surface area contributed by atoms with Crippen LogP contribution in [0.2, 0.25) is 0 Å². The van der Waals surface area contributed by atoms with Crippen LogP contribution in [0.3, 0.4) is 0 Å². The minimum absolute atomic E-state index is 0.457. The summed E-state index contributed by atoms with van der Waals surface area (Å²) in [5.74, 6) is 1.09. The summed E-state index contributed by atoms with van der Waals surface area (Å²) in [4.78, 5) is 4.24. The fraction of sp³-hybridized carbons (Fsp3) is 0.412. The second-order valence-corrected chi connectivity index (χ2v) is 7.41. The molecule has 2 rings (SSSR count). The van der Waals surface area contributed by atoms with E-state index in [4.69, 9.17) is 0 Å². The van der Waals surface area contributed by atoms with Gasteiger partial charge in [-0.25, -0.2) is 0 Å². The van der Waals surface area contributed by atoms with Gasteiger partial charge in [-0.3, -0.25) is 0 Å². The zero-order valence-corrected chi connectivity index (χ0v) is 14.1. The monoisotopic (exact) mass is 305 g/mol. The van der Waals surface area contributed by atoms with Gasteiger partial charge in [-0.2, -0.15) is 0 Å². The van der Waals surface area contributed by atoms with Crippen molar-refractivity contribution in [3.63, 3.8) is 0 Å². The Morgan fingerprint density at radius 1 is 1.15 bits per heavy atom. The van der Waals surface area contributed by atoms with E-state index in [0.717, 1.165) is 12.3 Å². The molecular weight excluding hydrogens is 282 g/mol. The zero-order chi connectivity index (χ0) is 14.4. The van der Waals surface area contributed by atoms with E-state index in [9.17, 15) is 0 Å². The van der Waals surface area contributed by atoms with Gasteiger partial charge >= 0.3 is 0 Å². The van der Waals surface area contributed by atoms with Crippen LogP contribution in [0, 0.1) is 13.8 Å². The van der Waals surface area contributed by atoms with Gasteiger partial charge in [0, 0.05) is 20.4 Å². The van der Waals surface area contributed by atoms with E-state index in [1.807, 2.05) is 23.1 Å². The van der Waals surface area contributed by atoms with Crippen molar-refractivity contribution in [2.24, 2.45) is 0 Å². The van der Waals surface area contributed by atoms with Gasteiger partial charge in [0.1, 0.15) is 0 Å². The van der Waals surface area contributed by atoms with Crippen molar-refractivity contribution in [2.45, 2.75) is 38.1 Å². The maximum absolute atomic E-state index is 3.68. The van der Waals surface area contributed by atoms with Gasteiger partial charge in [0.25, 0.3) is 0 Å². The van der Waals surface area contributed by atoms with Crippen molar-refractivity contribution in [1.82, 2.24) is 5.32 Å². The van der Waals surface area contributed by atoms with E-state index in [0.29, 0.717) is 6.04 Å². The lowest BCUT2D eigenvalue weighted by Crippen LogP contribution is -2.23. The van der Waals surface area contributed by atoms with Crippen molar-refractivity contribution >= 4 is 23.1 Å². The summed E-state index contributed by atoms with van der Waals surface area (Å²) >= 11 is 3.86. The molecule has 0 bridgehead atoms. The van der Waals surface area contributed by atoms with E-state index < -0.39 is 0 Å². The third-order valence-corrected chi connectivity index (χ3v) is 5.63. The number of thioether (sulfide) groups is 1. The molecule has 108 valence electrons. The number of benzene rings is 1. The molecule has 0 spiro atoms. The minimum Gasteiger partial charge on any atom is -0.309 e. The third-order valence-electron chi connectivity index (χ3n) is 3.24. The van der Waals surface area contributed by atoms with Crippen LogP contribution in [-0.4, -0.2) is 12.3 Å². The van der Waals surface area contributed by atoms with Gasteiger partial charge < -0.3 is 5.32 Å². The number of rotatable bonds is 7. The van der Waals surface area contributed by atoms with E-state index in [2.05, 4.69) is 62.5 Å². The molecule has 1 N–H and O–H groups in total. The first-order chi connectivity index (χ1) is 9.70. The van der Waals surface area contributed by atoms with Gasteiger partial charge in [0.2, 0.25) is 0 Å². The molecule has 0 radical (unpaired) electrons. The second-order valence-electron chi connectivity index (χ2n) is 5.03. The van der Waals surface area contributed by atoms with Crippen LogP contribution in [0.4, 0.5) is 0 Å². The smallest absolute Gasteiger partial charge is 0.0510 e. The number of hydrogen-bond acceptors (Lipinski definition) is 3. The molecular formula is C17H23NS2. The molecule has 2 aromatic rings. The summed E-state index contributed by atoms with van der Waals surface area (Å²) in [6.45, 7) is 7.67. The van der Waals surface area contributed by atoms with Gasteiger partial charge in [-0.1, -0.05) is 25.1 Å². The van der Waals surface area contributed by atoms with Crippen LogP contribution < -0.4 is 5.32 Å². The molecule has 1 aromatic carbocycles. The first-order valence-corrected chi connectivity index (χ1v) is 8.99. The molecule has 1 nitrogen and oxygen atoms in total. The van der Waals surface area contributed by atoms with Crippen LogP contribution in [0.5, 0.6) is 0 Å². The van der Waals surface area contributed by atoms with E-state index in [1.54, 1.807) is 0 Å². The lowest BCUT2D eigenvalue weighted by Gasteiger charge is -2.17. The molecule has 20 heavy (non-hydrogen) atoms. The Morgan fingerprint density at radius 3 is 2.60 bits per heavy atom. The van der Waals surface area contributed by atoms with Crippen LogP contribution in [-0.2, 0) is 0 Å². The Balaban J connectivity index is 2.03. The van der Waals surface area contributed by atoms with Crippen LogP contribution >= 0.6 is 23.1 Å². The van der Waals surface area contributed by atoms with E-state index in [-0.39, 0.29) is 0 Å². The fourth-order valence-corrected chi connectivity index (χ4v) is 4.26. The molecule has 1 unspecified atom stereocenters. The predicted octanol–water partition coefficient (Wildman–Crippen LogP) is 5.20. The lowest BCUT2D eigenvalue weighted by atomic mass is 10.2. The molecule has 3 heteroatoms. The molecule has 0 saturated heterocycles. The predicted molar refractivity (Wildman–Crippen MR) is 92.0 cm³/mol. The lowest BCUT2D eigenvalue weighted by molar-refractivity contribution is 0.585. The molecule has 1 heterocycles. The molecule has 0 aliphatic heterocycles. The average Bonchev–Trinajstić information content (AvgIpc) is 2.87. The number of aryl methyl sites for hydroxylation is 2. The quantitative estimate of drug-likeness (QED) is 0.706. The first-order valence-electron chi connectivity index (χ1n) is 7.19. The summed E-state index contributed by atoms with van der Waals surface area (Å²) in [5, 5.41) is 3.68. The summed E-state index contributed by atoms with van der Waals surface area (Å²) in [7, 11) is 0. The van der Waals surface area contributed by atoms with Crippen molar-refractivity contribution in [3.05, 3.63) is 51.7 Å². The van der Waals surface area contributed by atoms with Gasteiger partial charge in [-0.05, 0) is 50.6 Å². The summed E-state index contributed by atoms with van der Waals surface area (Å²) in [6.07, 6.45) is 1.18. The first kappa shape index (κ1) is 15.6. The van der Waals surface area contributed by atoms with Crippen LogP contribution in [0.15, 0.2) is 41.3 Å². The van der Waals surface area contributed by atoms with Crippen LogP contribution in [0.25, 0.3) is 0 Å². The van der Waals surface area contributed by atoms with E-state index in [1.165, 1.54) is 26.6 Å². The Morgan fingerprint density at radius 2 is 1.95 bits per heavy atom. The molecule has 0 fully saturated rings. The highest BCUT2D eigenvalue weighted by Crippen LogP contribution is 2.30. The molecule has 0 amide bonds. The maximum atomic E-state index is 3.68. The number of thiophene rings is 1. The largest absolute Gasteiger partial charge is 0.309 e. The van der Waals surface area contributed by atoms with Crippen molar-refractivity contribution in [1.29, 1.82) is 0 Å². The highest BCUT2D eigenvalue weighted by atomic mass is 32.2. The second kappa shape index (κ2) is 7.87. The number of hydrogen-bond donors (Lipinski definition) is 1. The molecule has 1 aromatic heterocycles. The zero-order valence-electron chi connectivity index (χ0n) is 12.5. The third kappa shape index (κ3) is 4.37. The Hall–Kier alpha value is -0.770. The Bertz CT molecular complexity index is 533. The SMILES string of the molecule is CCCNC(CSc1ccccc1C)c1ccc(C)s1. The summed E-state index contributed by atoms with van der Waals surface area (Å²) in [5.41, 5.74) is 1.37. The normalized spacial score (nSPS) is 12.6. The van der Waals surface area contributed by atoms with Crippen molar-refractivity contribution < 1.29 is 0 Å². The average molecular weight is 306 g/mol. The van der Waals surface area contributed by atoms with Crippen molar-refractivity contribution in [3.8, 4) is 0 Å². The minimum atomic E-state index is 0.457. The highest BCUT2D eigenvalue weighted by Gasteiger charge is 2.13. The van der Waals surface area contributed by atoms with Gasteiger partial charge in [-0.15, -0.1) is 23.1 Å². The Kier molecular flexibility index (Phi) is 6.14. The number of nitrogens with one attached hydrogen (secondary N) is 1. The van der Waals surface area contributed by atoms with Crippen molar-refractivity contribution in [2.75, 3.05) is 12.3 Å². The topological polar surface area (TPSA) is 12.0 Å². The summed E-state index contributed by atoms with van der Waals surface area (Å²) in [6, 6.07) is 13.6. The highest BCUT2D eigenvalue weighted by molar-refractivity contribution is 7.99. The van der Waals surface area contributed by atoms with Gasteiger partial charge in [0.15, 0.2) is 0 Å². The summed E-state index contributed by atoms with van der Waals surface area (Å²) < 4.78 is 0. The molecule has 0 saturated carbocycles. The van der Waals surface area contributed by atoms with Crippen LogP contribution in [0.1, 0.15) is 34.7 Å². The molecule has 1 atom stereocenters. The van der Waals surface area contributed by atoms with Gasteiger partial charge in [0.05, 0.1) is 6.04 Å². The Labute approximate surface area is 130 Å².